The van der Waals surface area contributed by atoms with Crippen molar-refractivity contribution in [3.05, 3.63) is 29.6 Å². The van der Waals surface area contributed by atoms with E-state index in [1.165, 1.54) is 5.56 Å². The van der Waals surface area contributed by atoms with Gasteiger partial charge in [0.2, 0.25) is 5.91 Å². The number of likely N-dealkylation sites (tertiary alicyclic amines) is 1. The zero-order chi connectivity index (χ0) is 17.5. The molecule has 140 valence electrons. The number of rotatable bonds is 4. The molecule has 1 amide bonds. The SMILES string of the molecule is CN=C(NCc1ncccc1C)NC1CCN(C(=O)C(C)C)CC1.I. The lowest BCUT2D eigenvalue weighted by molar-refractivity contribution is -0.135. The summed E-state index contributed by atoms with van der Waals surface area (Å²) in [7, 11) is 1.78. The molecule has 1 saturated heterocycles. The zero-order valence-electron chi connectivity index (χ0n) is 15.6. The quantitative estimate of drug-likeness (QED) is 0.412. The molecular weight excluding hydrogens is 429 g/mol. The van der Waals surface area contributed by atoms with E-state index in [1.54, 1.807) is 7.05 Å². The number of halogens is 1. The summed E-state index contributed by atoms with van der Waals surface area (Å²) in [5.41, 5.74) is 2.19. The van der Waals surface area contributed by atoms with Crippen LogP contribution in [0.4, 0.5) is 0 Å². The average Bonchev–Trinajstić information content (AvgIpc) is 2.59. The summed E-state index contributed by atoms with van der Waals surface area (Å²) in [5, 5.41) is 6.78. The van der Waals surface area contributed by atoms with Crippen molar-refractivity contribution in [1.29, 1.82) is 0 Å². The summed E-state index contributed by atoms with van der Waals surface area (Å²) >= 11 is 0. The molecule has 0 aliphatic carbocycles. The highest BCUT2D eigenvalue weighted by Gasteiger charge is 2.24. The van der Waals surface area contributed by atoms with Crippen LogP contribution in [0.3, 0.4) is 0 Å². The molecule has 0 spiro atoms. The molecule has 2 heterocycles. The van der Waals surface area contributed by atoms with E-state index in [4.69, 9.17) is 0 Å². The van der Waals surface area contributed by atoms with Crippen molar-refractivity contribution < 1.29 is 4.79 Å². The molecule has 2 N–H and O–H groups in total. The largest absolute Gasteiger partial charge is 0.354 e. The third kappa shape index (κ3) is 6.45. The second kappa shape index (κ2) is 10.6. The van der Waals surface area contributed by atoms with E-state index in [0.29, 0.717) is 12.6 Å². The van der Waals surface area contributed by atoms with Gasteiger partial charge in [-0.1, -0.05) is 19.9 Å². The number of pyridine rings is 1. The predicted molar refractivity (Wildman–Crippen MR) is 112 cm³/mol. The number of aliphatic imine (C=N–C) groups is 1. The third-order valence-corrected chi connectivity index (χ3v) is 4.41. The normalized spacial score (nSPS) is 15.7. The fourth-order valence-electron chi connectivity index (χ4n) is 2.87. The molecule has 25 heavy (non-hydrogen) atoms. The van der Waals surface area contributed by atoms with E-state index in [-0.39, 0.29) is 35.8 Å². The van der Waals surface area contributed by atoms with Gasteiger partial charge in [-0.15, -0.1) is 24.0 Å². The number of aryl methyl sites for hydroxylation is 1. The van der Waals surface area contributed by atoms with Crippen molar-refractivity contribution in [3.63, 3.8) is 0 Å². The molecular formula is C18H30IN5O. The first-order chi connectivity index (χ1) is 11.5. The van der Waals surface area contributed by atoms with E-state index in [2.05, 4.69) is 33.6 Å². The van der Waals surface area contributed by atoms with Gasteiger partial charge in [0, 0.05) is 38.3 Å². The lowest BCUT2D eigenvalue weighted by atomic mass is 10.0. The lowest BCUT2D eigenvalue weighted by Gasteiger charge is -2.34. The number of carbonyl (C=O) groups is 1. The van der Waals surface area contributed by atoms with Crippen LogP contribution >= 0.6 is 24.0 Å². The Labute approximate surface area is 167 Å². The molecule has 0 saturated carbocycles. The number of guanidine groups is 1. The first-order valence-corrected chi connectivity index (χ1v) is 8.67. The number of nitrogens with one attached hydrogen (secondary N) is 2. The number of hydrogen-bond donors (Lipinski definition) is 2. The Morgan fingerprint density at radius 1 is 1.40 bits per heavy atom. The second-order valence-corrected chi connectivity index (χ2v) is 6.59. The van der Waals surface area contributed by atoms with E-state index in [1.807, 2.05) is 31.0 Å². The average molecular weight is 459 g/mol. The van der Waals surface area contributed by atoms with Crippen molar-refractivity contribution in [3.8, 4) is 0 Å². The van der Waals surface area contributed by atoms with Gasteiger partial charge in [-0.25, -0.2) is 0 Å². The molecule has 1 aromatic heterocycles. The summed E-state index contributed by atoms with van der Waals surface area (Å²) in [6.07, 6.45) is 3.70. The van der Waals surface area contributed by atoms with Crippen LogP contribution in [0, 0.1) is 12.8 Å². The van der Waals surface area contributed by atoms with Gasteiger partial charge in [0.15, 0.2) is 5.96 Å². The Balaban J connectivity index is 0.00000312. The Morgan fingerprint density at radius 2 is 2.08 bits per heavy atom. The minimum absolute atomic E-state index is 0. The maximum absolute atomic E-state index is 12.0. The van der Waals surface area contributed by atoms with Crippen LogP contribution in [0.5, 0.6) is 0 Å². The monoisotopic (exact) mass is 459 g/mol. The summed E-state index contributed by atoms with van der Waals surface area (Å²) in [5.74, 6) is 1.11. The van der Waals surface area contributed by atoms with Crippen LogP contribution in [-0.2, 0) is 11.3 Å². The van der Waals surface area contributed by atoms with Gasteiger partial charge < -0.3 is 15.5 Å². The first kappa shape index (κ1) is 21.7. The molecule has 0 bridgehead atoms. The maximum Gasteiger partial charge on any atom is 0.225 e. The summed E-state index contributed by atoms with van der Waals surface area (Å²) in [6, 6.07) is 4.34. The second-order valence-electron chi connectivity index (χ2n) is 6.59. The third-order valence-electron chi connectivity index (χ3n) is 4.41. The van der Waals surface area contributed by atoms with Crippen LogP contribution in [0.15, 0.2) is 23.3 Å². The van der Waals surface area contributed by atoms with Crippen LogP contribution in [0.2, 0.25) is 0 Å². The highest BCUT2D eigenvalue weighted by Crippen LogP contribution is 2.13. The van der Waals surface area contributed by atoms with E-state index < -0.39 is 0 Å². The van der Waals surface area contributed by atoms with Gasteiger partial charge in [0.25, 0.3) is 0 Å². The van der Waals surface area contributed by atoms with E-state index in [9.17, 15) is 4.79 Å². The van der Waals surface area contributed by atoms with Crippen LogP contribution in [0.25, 0.3) is 0 Å². The lowest BCUT2D eigenvalue weighted by Crippen LogP contribution is -2.50. The summed E-state index contributed by atoms with van der Waals surface area (Å²) in [4.78, 5) is 22.7. The fourth-order valence-corrected chi connectivity index (χ4v) is 2.87. The van der Waals surface area contributed by atoms with E-state index >= 15 is 0 Å². The van der Waals surface area contributed by atoms with Gasteiger partial charge >= 0.3 is 0 Å². The number of nitrogens with zero attached hydrogens (tertiary/aromatic N) is 3. The van der Waals surface area contributed by atoms with E-state index in [0.717, 1.165) is 37.6 Å². The van der Waals surface area contributed by atoms with Crippen LogP contribution in [0.1, 0.15) is 37.9 Å². The topological polar surface area (TPSA) is 69.6 Å². The maximum atomic E-state index is 12.0. The van der Waals surface area contributed by atoms with Gasteiger partial charge in [0.05, 0.1) is 12.2 Å². The minimum atomic E-state index is 0. The number of carbonyl (C=O) groups excluding carboxylic acids is 1. The summed E-state index contributed by atoms with van der Waals surface area (Å²) < 4.78 is 0. The Morgan fingerprint density at radius 3 is 2.64 bits per heavy atom. The zero-order valence-corrected chi connectivity index (χ0v) is 17.9. The van der Waals surface area contributed by atoms with Crippen molar-refractivity contribution in [2.45, 2.75) is 46.2 Å². The molecule has 7 heteroatoms. The number of aromatic nitrogens is 1. The number of amides is 1. The molecule has 0 radical (unpaired) electrons. The molecule has 2 rings (SSSR count). The molecule has 6 nitrogen and oxygen atoms in total. The Bertz CT molecular complexity index is 583. The molecule has 0 aromatic carbocycles. The van der Waals surface area contributed by atoms with Crippen molar-refractivity contribution in [2.75, 3.05) is 20.1 Å². The molecule has 1 fully saturated rings. The van der Waals surface area contributed by atoms with Crippen LogP contribution in [-0.4, -0.2) is 47.9 Å². The summed E-state index contributed by atoms with van der Waals surface area (Å²) in [6.45, 7) is 8.24. The Hall–Kier alpha value is -1.38. The molecule has 1 aromatic rings. The number of piperidine rings is 1. The predicted octanol–water partition coefficient (Wildman–Crippen LogP) is 2.32. The molecule has 0 atom stereocenters. The van der Waals surface area contributed by atoms with Crippen molar-refractivity contribution in [2.24, 2.45) is 10.9 Å². The standard InChI is InChI=1S/C18H29N5O.HI/c1-13(2)17(24)23-10-7-15(8-11-23)22-18(19-4)21-12-16-14(3)6-5-9-20-16;/h5-6,9,13,15H,7-8,10-12H2,1-4H3,(H2,19,21,22);1H. The molecule has 1 aliphatic rings. The fraction of sp³-hybridized carbons (Fsp3) is 0.611. The van der Waals surface area contributed by atoms with Gasteiger partial charge in [-0.3, -0.25) is 14.8 Å². The minimum Gasteiger partial charge on any atom is -0.354 e. The Kier molecular flexibility index (Phi) is 9.16. The van der Waals surface area contributed by atoms with Gasteiger partial charge in [-0.05, 0) is 31.4 Å². The van der Waals surface area contributed by atoms with Crippen LogP contribution < -0.4 is 10.6 Å². The highest BCUT2D eigenvalue weighted by molar-refractivity contribution is 14.0. The molecule has 1 aliphatic heterocycles. The van der Waals surface area contributed by atoms with Gasteiger partial charge in [0.1, 0.15) is 0 Å². The van der Waals surface area contributed by atoms with Gasteiger partial charge in [-0.2, -0.15) is 0 Å². The first-order valence-electron chi connectivity index (χ1n) is 8.67. The smallest absolute Gasteiger partial charge is 0.225 e. The molecule has 0 unspecified atom stereocenters. The van der Waals surface area contributed by atoms with Crippen molar-refractivity contribution >= 4 is 35.8 Å². The van der Waals surface area contributed by atoms with Crippen molar-refractivity contribution in [1.82, 2.24) is 20.5 Å². The number of hydrogen-bond acceptors (Lipinski definition) is 3. The highest BCUT2D eigenvalue weighted by atomic mass is 127.